The largest absolute Gasteiger partial charge is 0.491 e. The standard InChI is InChI=1S/C24H27FN2O5/c1-16(30)24-26-10-11-27(24)19(13-28)7-4-17-2-5-18(6-3-17)22-9-8-21(12-23(22)25)32-15-20(31)14-29/h2-12,16,19-20,28-31H,13-15H2,1H3/b7-4+/t16-,19-,20-/m0/s1. The lowest BCUT2D eigenvalue weighted by Crippen LogP contribution is -2.21. The van der Waals surface area contributed by atoms with E-state index >= 15 is 0 Å². The van der Waals surface area contributed by atoms with Crippen LogP contribution in [0.25, 0.3) is 17.2 Å². The molecular weight excluding hydrogens is 415 g/mol. The molecule has 1 heterocycles. The highest BCUT2D eigenvalue weighted by Crippen LogP contribution is 2.27. The summed E-state index contributed by atoms with van der Waals surface area (Å²) in [7, 11) is 0. The Kier molecular flexibility index (Phi) is 8.13. The Hall–Kier alpha value is -3.04. The first-order chi connectivity index (χ1) is 15.4. The van der Waals surface area contributed by atoms with Crippen LogP contribution in [0.2, 0.25) is 0 Å². The number of nitrogens with zero attached hydrogens (tertiary/aromatic N) is 2. The molecule has 0 unspecified atom stereocenters. The molecule has 32 heavy (non-hydrogen) atoms. The van der Waals surface area contributed by atoms with E-state index in [2.05, 4.69) is 4.98 Å². The molecule has 3 rings (SSSR count). The highest BCUT2D eigenvalue weighted by molar-refractivity contribution is 5.67. The molecule has 2 aromatic carbocycles. The Bertz CT molecular complexity index is 1030. The first-order valence-corrected chi connectivity index (χ1v) is 10.2. The summed E-state index contributed by atoms with van der Waals surface area (Å²) in [6, 6.07) is 11.3. The van der Waals surface area contributed by atoms with Gasteiger partial charge in [0.1, 0.15) is 36.2 Å². The van der Waals surface area contributed by atoms with Crippen LogP contribution in [0.3, 0.4) is 0 Å². The second-order valence-corrected chi connectivity index (χ2v) is 7.39. The molecule has 0 fully saturated rings. The van der Waals surface area contributed by atoms with Gasteiger partial charge in [0.25, 0.3) is 0 Å². The number of aliphatic hydroxyl groups excluding tert-OH is 4. The van der Waals surface area contributed by atoms with Gasteiger partial charge in [0.05, 0.1) is 19.3 Å². The van der Waals surface area contributed by atoms with Gasteiger partial charge in [0.15, 0.2) is 0 Å². The second-order valence-electron chi connectivity index (χ2n) is 7.39. The molecule has 0 bridgehead atoms. The SMILES string of the molecule is C[C@H](O)c1nccn1[C@@H](/C=C/c1ccc(-c2ccc(OC[C@@H](O)CO)cc2F)cc1)CO. The number of benzene rings is 2. The fraction of sp³-hybridized carbons (Fsp3) is 0.292. The van der Waals surface area contributed by atoms with Crippen LogP contribution in [0.1, 0.15) is 30.5 Å². The van der Waals surface area contributed by atoms with E-state index in [9.17, 15) is 19.7 Å². The third-order valence-corrected chi connectivity index (χ3v) is 4.94. The van der Waals surface area contributed by atoms with Crippen molar-refractivity contribution >= 4 is 6.08 Å². The van der Waals surface area contributed by atoms with E-state index in [1.807, 2.05) is 24.3 Å². The summed E-state index contributed by atoms with van der Waals surface area (Å²) in [4.78, 5) is 4.12. The lowest BCUT2D eigenvalue weighted by molar-refractivity contribution is 0.0535. The third kappa shape index (κ3) is 5.80. The molecule has 0 saturated carbocycles. The van der Waals surface area contributed by atoms with E-state index in [1.54, 1.807) is 48.1 Å². The van der Waals surface area contributed by atoms with Crippen molar-refractivity contribution in [2.24, 2.45) is 0 Å². The van der Waals surface area contributed by atoms with Crippen LogP contribution in [0.4, 0.5) is 4.39 Å². The fourth-order valence-electron chi connectivity index (χ4n) is 3.23. The van der Waals surface area contributed by atoms with Crippen LogP contribution in [0.15, 0.2) is 60.9 Å². The molecule has 0 radical (unpaired) electrons. The molecule has 0 saturated heterocycles. The van der Waals surface area contributed by atoms with Gasteiger partial charge < -0.3 is 29.7 Å². The summed E-state index contributed by atoms with van der Waals surface area (Å²) in [5, 5.41) is 37.7. The zero-order valence-corrected chi connectivity index (χ0v) is 17.7. The molecular formula is C24H27FN2O5. The number of aliphatic hydroxyl groups is 4. The smallest absolute Gasteiger partial charge is 0.137 e. The molecule has 0 aliphatic rings. The molecule has 170 valence electrons. The van der Waals surface area contributed by atoms with Gasteiger partial charge in [-0.25, -0.2) is 9.37 Å². The monoisotopic (exact) mass is 442 g/mol. The average Bonchev–Trinajstić information content (AvgIpc) is 3.29. The van der Waals surface area contributed by atoms with Gasteiger partial charge in [-0.1, -0.05) is 36.4 Å². The van der Waals surface area contributed by atoms with Crippen molar-refractivity contribution in [3.05, 3.63) is 78.1 Å². The fourth-order valence-corrected chi connectivity index (χ4v) is 3.23. The summed E-state index contributed by atoms with van der Waals surface area (Å²) >= 11 is 0. The summed E-state index contributed by atoms with van der Waals surface area (Å²) in [5.74, 6) is 0.276. The van der Waals surface area contributed by atoms with E-state index in [4.69, 9.17) is 9.84 Å². The number of aromatic nitrogens is 2. The Morgan fingerprint density at radius 3 is 2.47 bits per heavy atom. The number of ether oxygens (including phenoxy) is 1. The number of imidazole rings is 1. The maximum absolute atomic E-state index is 14.5. The molecule has 0 aliphatic carbocycles. The molecule has 3 atom stereocenters. The summed E-state index contributed by atoms with van der Waals surface area (Å²) < 4.78 is 21.5. The Morgan fingerprint density at radius 1 is 1.09 bits per heavy atom. The van der Waals surface area contributed by atoms with Gasteiger partial charge in [-0.05, 0) is 30.2 Å². The zero-order chi connectivity index (χ0) is 23.1. The zero-order valence-electron chi connectivity index (χ0n) is 17.7. The summed E-state index contributed by atoms with van der Waals surface area (Å²) in [6.07, 6.45) is 5.17. The van der Waals surface area contributed by atoms with Crippen molar-refractivity contribution < 1.29 is 29.6 Å². The Balaban J connectivity index is 1.71. The van der Waals surface area contributed by atoms with E-state index in [1.165, 1.54) is 6.07 Å². The van der Waals surface area contributed by atoms with E-state index in [0.29, 0.717) is 17.0 Å². The van der Waals surface area contributed by atoms with Crippen LogP contribution in [-0.2, 0) is 0 Å². The minimum absolute atomic E-state index is 0.122. The molecule has 4 N–H and O–H groups in total. The molecule has 7 nitrogen and oxygen atoms in total. The van der Waals surface area contributed by atoms with Gasteiger partial charge >= 0.3 is 0 Å². The van der Waals surface area contributed by atoms with Crippen molar-refractivity contribution in [2.45, 2.75) is 25.2 Å². The number of halogens is 1. The molecule has 1 aromatic heterocycles. The minimum atomic E-state index is -1.02. The Morgan fingerprint density at radius 2 is 1.84 bits per heavy atom. The number of hydrogen-bond donors (Lipinski definition) is 4. The van der Waals surface area contributed by atoms with Gasteiger partial charge in [-0.3, -0.25) is 0 Å². The number of hydrogen-bond acceptors (Lipinski definition) is 6. The predicted octanol–water partition coefficient (Wildman–Crippen LogP) is 2.72. The lowest BCUT2D eigenvalue weighted by atomic mass is 10.0. The van der Waals surface area contributed by atoms with Gasteiger partial charge in [-0.15, -0.1) is 0 Å². The maximum Gasteiger partial charge on any atom is 0.137 e. The highest BCUT2D eigenvalue weighted by atomic mass is 19.1. The van der Waals surface area contributed by atoms with Crippen molar-refractivity contribution in [3.8, 4) is 16.9 Å². The molecule has 3 aromatic rings. The van der Waals surface area contributed by atoms with Crippen molar-refractivity contribution in [2.75, 3.05) is 19.8 Å². The first kappa shape index (κ1) is 23.6. The average molecular weight is 442 g/mol. The normalized spacial score (nSPS) is 14.4. The quantitative estimate of drug-likeness (QED) is 0.385. The third-order valence-electron chi connectivity index (χ3n) is 4.94. The van der Waals surface area contributed by atoms with Gasteiger partial charge in [0, 0.05) is 24.0 Å². The lowest BCUT2D eigenvalue weighted by Gasteiger charge is -2.16. The molecule has 0 spiro atoms. The van der Waals surface area contributed by atoms with E-state index in [-0.39, 0.29) is 25.0 Å². The Labute approximate surface area is 185 Å². The van der Waals surface area contributed by atoms with E-state index < -0.39 is 24.6 Å². The van der Waals surface area contributed by atoms with Gasteiger partial charge in [-0.2, -0.15) is 0 Å². The van der Waals surface area contributed by atoms with Crippen LogP contribution in [0.5, 0.6) is 5.75 Å². The van der Waals surface area contributed by atoms with Crippen LogP contribution in [-0.4, -0.2) is 55.9 Å². The number of rotatable bonds is 10. The molecule has 0 aliphatic heterocycles. The van der Waals surface area contributed by atoms with Crippen LogP contribution in [0, 0.1) is 5.82 Å². The highest BCUT2D eigenvalue weighted by Gasteiger charge is 2.14. The van der Waals surface area contributed by atoms with Crippen LogP contribution < -0.4 is 4.74 Å². The summed E-state index contributed by atoms with van der Waals surface area (Å²) in [5.41, 5.74) is 1.96. The van der Waals surface area contributed by atoms with Crippen molar-refractivity contribution in [1.29, 1.82) is 0 Å². The summed E-state index contributed by atoms with van der Waals surface area (Å²) in [6.45, 7) is 0.916. The second kappa shape index (κ2) is 11.0. The molecule has 8 heteroatoms. The van der Waals surface area contributed by atoms with Gasteiger partial charge in [0.2, 0.25) is 0 Å². The first-order valence-electron chi connectivity index (χ1n) is 10.2. The predicted molar refractivity (Wildman–Crippen MR) is 118 cm³/mol. The van der Waals surface area contributed by atoms with E-state index in [0.717, 1.165) is 5.56 Å². The molecule has 0 amide bonds. The maximum atomic E-state index is 14.5. The van der Waals surface area contributed by atoms with Crippen molar-refractivity contribution in [3.63, 3.8) is 0 Å². The van der Waals surface area contributed by atoms with Crippen molar-refractivity contribution in [1.82, 2.24) is 9.55 Å². The van der Waals surface area contributed by atoms with Crippen LogP contribution >= 0.6 is 0 Å². The topological polar surface area (TPSA) is 108 Å². The minimum Gasteiger partial charge on any atom is -0.491 e.